The van der Waals surface area contributed by atoms with E-state index in [0.29, 0.717) is 22.4 Å². The Kier molecular flexibility index (Phi) is 8.33. The zero-order chi connectivity index (χ0) is 27.8. The first-order valence-electron chi connectivity index (χ1n) is 12.2. The molecular formula is C30H29N7O2. The van der Waals surface area contributed by atoms with Gasteiger partial charge in [-0.2, -0.15) is 0 Å². The minimum atomic E-state index is -0.252. The zero-order valence-corrected chi connectivity index (χ0v) is 21.1. The van der Waals surface area contributed by atoms with E-state index in [1.807, 2.05) is 60.7 Å². The summed E-state index contributed by atoms with van der Waals surface area (Å²) in [4.78, 5) is 29.4. The molecule has 0 aliphatic heterocycles. The van der Waals surface area contributed by atoms with E-state index in [2.05, 4.69) is 15.6 Å². The summed E-state index contributed by atoms with van der Waals surface area (Å²) in [7, 11) is 0. The highest BCUT2D eigenvalue weighted by atomic mass is 16.2. The first-order chi connectivity index (χ1) is 18.8. The third-order valence-corrected chi connectivity index (χ3v) is 5.94. The molecule has 9 nitrogen and oxygen atoms in total. The lowest BCUT2D eigenvalue weighted by Crippen LogP contribution is -2.34. The van der Waals surface area contributed by atoms with Gasteiger partial charge in [-0.3, -0.25) is 15.0 Å². The Morgan fingerprint density at radius 3 is 1.82 bits per heavy atom. The van der Waals surface area contributed by atoms with E-state index in [-0.39, 0.29) is 36.7 Å². The fourth-order valence-electron chi connectivity index (χ4n) is 4.02. The molecule has 0 aliphatic carbocycles. The van der Waals surface area contributed by atoms with Crippen LogP contribution >= 0.6 is 0 Å². The SMILES string of the molecule is N=C(N)c1cccc(-c2cccc(C(=O)NCCNC(=O)c3ccc(-c4ccccc4N=C(N)N)cc3)c2)c1. The number of amides is 2. The minimum Gasteiger partial charge on any atom is -0.384 e. The molecule has 0 saturated carbocycles. The highest BCUT2D eigenvalue weighted by Gasteiger charge is 2.10. The molecule has 0 saturated heterocycles. The van der Waals surface area contributed by atoms with Crippen LogP contribution in [-0.4, -0.2) is 36.7 Å². The molecule has 0 fully saturated rings. The second-order valence-corrected chi connectivity index (χ2v) is 8.72. The van der Waals surface area contributed by atoms with Crippen molar-refractivity contribution in [3.63, 3.8) is 0 Å². The number of hydrogen-bond donors (Lipinski definition) is 6. The molecule has 9 N–H and O–H groups in total. The van der Waals surface area contributed by atoms with E-state index >= 15 is 0 Å². The van der Waals surface area contributed by atoms with Gasteiger partial charge in [-0.15, -0.1) is 0 Å². The van der Waals surface area contributed by atoms with Crippen LogP contribution in [0.4, 0.5) is 5.69 Å². The topological polar surface area (TPSA) is 172 Å². The molecular weight excluding hydrogens is 490 g/mol. The Balaban J connectivity index is 1.31. The maximum absolute atomic E-state index is 12.7. The molecule has 4 aromatic rings. The maximum Gasteiger partial charge on any atom is 0.251 e. The van der Waals surface area contributed by atoms with Crippen LogP contribution in [0.2, 0.25) is 0 Å². The van der Waals surface area contributed by atoms with Gasteiger partial charge in [-0.05, 0) is 53.1 Å². The van der Waals surface area contributed by atoms with Crippen LogP contribution in [0.5, 0.6) is 0 Å². The van der Waals surface area contributed by atoms with Crippen molar-refractivity contribution in [1.82, 2.24) is 10.6 Å². The summed E-state index contributed by atoms with van der Waals surface area (Å²) in [5, 5.41) is 13.3. The number of carbonyl (C=O) groups is 2. The van der Waals surface area contributed by atoms with Crippen molar-refractivity contribution >= 4 is 29.3 Å². The third kappa shape index (κ3) is 6.86. The van der Waals surface area contributed by atoms with E-state index in [1.165, 1.54) is 0 Å². The second kappa shape index (κ2) is 12.2. The van der Waals surface area contributed by atoms with Gasteiger partial charge in [0.25, 0.3) is 11.8 Å². The van der Waals surface area contributed by atoms with Crippen LogP contribution in [-0.2, 0) is 0 Å². The van der Waals surface area contributed by atoms with Gasteiger partial charge in [0.1, 0.15) is 5.84 Å². The minimum absolute atomic E-state index is 0.0167. The molecule has 0 aromatic heterocycles. The summed E-state index contributed by atoms with van der Waals surface area (Å²) >= 11 is 0. The molecule has 196 valence electrons. The lowest BCUT2D eigenvalue weighted by atomic mass is 10.0. The molecule has 0 radical (unpaired) electrons. The summed E-state index contributed by atoms with van der Waals surface area (Å²) in [6.45, 7) is 0.526. The van der Waals surface area contributed by atoms with Crippen molar-refractivity contribution in [3.8, 4) is 22.3 Å². The number of rotatable bonds is 9. The van der Waals surface area contributed by atoms with Crippen LogP contribution in [0, 0.1) is 5.41 Å². The second-order valence-electron chi connectivity index (χ2n) is 8.72. The lowest BCUT2D eigenvalue weighted by Gasteiger charge is -2.10. The number of carbonyl (C=O) groups excluding carboxylic acids is 2. The average molecular weight is 520 g/mol. The molecule has 0 atom stereocenters. The molecule has 9 heteroatoms. The highest BCUT2D eigenvalue weighted by molar-refractivity contribution is 5.98. The van der Waals surface area contributed by atoms with Crippen molar-refractivity contribution in [3.05, 3.63) is 114 Å². The predicted molar refractivity (Wildman–Crippen MR) is 155 cm³/mol. The molecule has 39 heavy (non-hydrogen) atoms. The number of benzene rings is 4. The van der Waals surface area contributed by atoms with Crippen LogP contribution in [0.15, 0.2) is 102 Å². The summed E-state index contributed by atoms with van der Waals surface area (Å²) in [6, 6.07) is 29.0. The maximum atomic E-state index is 12.7. The Morgan fingerprint density at radius 2 is 1.21 bits per heavy atom. The number of hydrogen-bond acceptors (Lipinski definition) is 4. The Labute approximate surface area is 226 Å². The molecule has 4 aromatic carbocycles. The smallest absolute Gasteiger partial charge is 0.251 e. The highest BCUT2D eigenvalue weighted by Crippen LogP contribution is 2.30. The third-order valence-electron chi connectivity index (χ3n) is 5.94. The van der Waals surface area contributed by atoms with E-state index in [1.54, 1.807) is 36.4 Å². The number of guanidine groups is 1. The first-order valence-corrected chi connectivity index (χ1v) is 12.2. The molecule has 0 bridgehead atoms. The van der Waals surface area contributed by atoms with Gasteiger partial charge in [0, 0.05) is 35.3 Å². The van der Waals surface area contributed by atoms with Gasteiger partial charge < -0.3 is 27.8 Å². The van der Waals surface area contributed by atoms with Gasteiger partial charge in [0.05, 0.1) is 5.69 Å². The van der Waals surface area contributed by atoms with Gasteiger partial charge >= 0.3 is 0 Å². The van der Waals surface area contributed by atoms with E-state index in [9.17, 15) is 9.59 Å². The first kappa shape index (κ1) is 26.6. The molecule has 0 spiro atoms. The largest absolute Gasteiger partial charge is 0.384 e. The van der Waals surface area contributed by atoms with Crippen molar-refractivity contribution < 1.29 is 9.59 Å². The normalized spacial score (nSPS) is 10.4. The quantitative estimate of drug-likeness (QED) is 0.113. The lowest BCUT2D eigenvalue weighted by molar-refractivity contribution is 0.0927. The number of amidine groups is 1. The number of nitrogens with zero attached hydrogens (tertiary/aromatic N) is 1. The summed E-state index contributed by atoms with van der Waals surface area (Å²) in [5.74, 6) is -0.548. The number of nitrogens with two attached hydrogens (primary N) is 3. The van der Waals surface area contributed by atoms with Gasteiger partial charge in [0.15, 0.2) is 5.96 Å². The van der Waals surface area contributed by atoms with E-state index in [0.717, 1.165) is 22.3 Å². The van der Waals surface area contributed by atoms with Gasteiger partial charge in [-0.1, -0.05) is 60.7 Å². The monoisotopic (exact) mass is 519 g/mol. The Bertz CT molecular complexity index is 1540. The summed E-state index contributed by atoms with van der Waals surface area (Å²) in [6.07, 6.45) is 0. The van der Waals surface area contributed by atoms with E-state index in [4.69, 9.17) is 22.6 Å². The summed E-state index contributed by atoms with van der Waals surface area (Å²) in [5.41, 5.74) is 22.3. The van der Waals surface area contributed by atoms with E-state index < -0.39 is 0 Å². The Morgan fingerprint density at radius 1 is 0.641 bits per heavy atom. The molecule has 4 rings (SSSR count). The number of aliphatic imine (C=N–C) groups is 1. The van der Waals surface area contributed by atoms with Crippen LogP contribution in [0.25, 0.3) is 22.3 Å². The van der Waals surface area contributed by atoms with Crippen LogP contribution in [0.1, 0.15) is 26.3 Å². The molecule has 0 heterocycles. The number of nitrogens with one attached hydrogen (secondary N) is 3. The van der Waals surface area contributed by atoms with Gasteiger partial charge in [-0.25, -0.2) is 4.99 Å². The van der Waals surface area contributed by atoms with Gasteiger partial charge in [0.2, 0.25) is 0 Å². The van der Waals surface area contributed by atoms with Crippen LogP contribution in [0.3, 0.4) is 0 Å². The van der Waals surface area contributed by atoms with Crippen molar-refractivity contribution in [2.24, 2.45) is 22.2 Å². The van der Waals surface area contributed by atoms with Crippen molar-refractivity contribution in [2.45, 2.75) is 0 Å². The fraction of sp³-hybridized carbons (Fsp3) is 0.0667. The molecule has 0 unspecified atom stereocenters. The Hall–Kier alpha value is -5.44. The number of nitrogen functional groups attached to an aromatic ring is 1. The fourth-order valence-corrected chi connectivity index (χ4v) is 4.02. The predicted octanol–water partition coefficient (Wildman–Crippen LogP) is 3.37. The van der Waals surface area contributed by atoms with Crippen molar-refractivity contribution in [1.29, 1.82) is 5.41 Å². The number of para-hydroxylation sites is 1. The molecule has 0 aliphatic rings. The van der Waals surface area contributed by atoms with Crippen molar-refractivity contribution in [2.75, 3.05) is 13.1 Å². The molecule has 2 amide bonds. The average Bonchev–Trinajstić information content (AvgIpc) is 2.95. The van der Waals surface area contributed by atoms with Crippen LogP contribution < -0.4 is 27.8 Å². The zero-order valence-electron chi connectivity index (χ0n) is 21.1. The summed E-state index contributed by atoms with van der Waals surface area (Å²) < 4.78 is 0. The standard InChI is InChI=1S/C30H29N7O2/c31-27(32)23-7-3-5-21(17-23)22-6-4-8-24(18-22)29(39)36-16-15-35-28(38)20-13-11-19(12-14-20)25-9-1-2-10-26(25)37-30(33)34/h1-14,17-18H,15-16H2,(H3,31,32)(H,35,38)(H,36,39)(H4,33,34,37).